The number of nitrogens with one attached hydrogen (secondary N) is 1. The molecule has 1 amide bonds. The summed E-state index contributed by atoms with van der Waals surface area (Å²) >= 11 is 6.14. The van der Waals surface area contributed by atoms with Gasteiger partial charge in [-0.25, -0.2) is 4.79 Å². The van der Waals surface area contributed by atoms with Gasteiger partial charge in [0.2, 0.25) is 5.28 Å². The SMILES string of the molecule is C#C[C@@]1(CO)CC[C@H](n2ccc3c(NC(=O)OCCCCCCCCCCCC)nc(Cl)nc32)O1. The lowest BCUT2D eigenvalue weighted by Crippen LogP contribution is -2.31. The molecule has 1 aliphatic heterocycles. The topological polar surface area (TPSA) is 98.5 Å². The van der Waals surface area contributed by atoms with Gasteiger partial charge >= 0.3 is 6.09 Å². The lowest BCUT2D eigenvalue weighted by molar-refractivity contribution is -0.0615. The summed E-state index contributed by atoms with van der Waals surface area (Å²) in [6.07, 6.45) is 19.7. The number of nitrogens with zero attached hydrogens (tertiary/aromatic N) is 3. The molecule has 3 rings (SSSR count). The number of ether oxygens (including phenoxy) is 2. The first-order valence-electron chi connectivity index (χ1n) is 12.8. The third-order valence-corrected chi connectivity index (χ3v) is 6.65. The summed E-state index contributed by atoms with van der Waals surface area (Å²) in [5.74, 6) is 2.82. The second-order valence-electron chi connectivity index (χ2n) is 9.15. The van der Waals surface area contributed by atoms with Crippen molar-refractivity contribution in [1.82, 2.24) is 14.5 Å². The van der Waals surface area contributed by atoms with Crippen LogP contribution in [-0.2, 0) is 9.47 Å². The van der Waals surface area contributed by atoms with Gasteiger partial charge in [-0.05, 0) is 36.9 Å². The lowest BCUT2D eigenvalue weighted by atomic mass is 10.0. The van der Waals surface area contributed by atoms with Crippen LogP contribution in [-0.4, -0.2) is 44.5 Å². The first-order valence-corrected chi connectivity index (χ1v) is 13.1. The molecule has 2 aromatic heterocycles. The van der Waals surface area contributed by atoms with E-state index >= 15 is 0 Å². The van der Waals surface area contributed by atoms with Gasteiger partial charge in [-0.3, -0.25) is 5.32 Å². The number of hydrogen-bond donors (Lipinski definition) is 2. The van der Waals surface area contributed by atoms with E-state index in [9.17, 15) is 9.90 Å². The normalized spacial score (nSPS) is 19.7. The molecule has 35 heavy (non-hydrogen) atoms. The van der Waals surface area contributed by atoms with Crippen molar-refractivity contribution in [2.24, 2.45) is 0 Å². The van der Waals surface area contributed by atoms with E-state index in [1.54, 1.807) is 16.8 Å². The molecule has 0 saturated carbocycles. The number of unbranched alkanes of at least 4 members (excludes halogenated alkanes) is 9. The highest BCUT2D eigenvalue weighted by Crippen LogP contribution is 2.38. The van der Waals surface area contributed by atoms with Crippen LogP contribution in [0.3, 0.4) is 0 Å². The van der Waals surface area contributed by atoms with Gasteiger partial charge in [0.15, 0.2) is 5.60 Å². The largest absolute Gasteiger partial charge is 0.449 e. The van der Waals surface area contributed by atoms with Crippen molar-refractivity contribution in [3.63, 3.8) is 0 Å². The van der Waals surface area contributed by atoms with Crippen LogP contribution < -0.4 is 5.32 Å². The molecule has 1 aliphatic rings. The van der Waals surface area contributed by atoms with Crippen molar-refractivity contribution < 1.29 is 19.4 Å². The molecule has 3 heterocycles. The molecule has 0 aromatic carbocycles. The fourth-order valence-electron chi connectivity index (χ4n) is 4.42. The summed E-state index contributed by atoms with van der Waals surface area (Å²) in [4.78, 5) is 20.8. The molecule has 192 valence electrons. The summed E-state index contributed by atoms with van der Waals surface area (Å²) in [6.45, 7) is 2.34. The van der Waals surface area contributed by atoms with Crippen LogP contribution in [0.15, 0.2) is 12.3 Å². The van der Waals surface area contributed by atoms with Gasteiger partial charge < -0.3 is 19.1 Å². The Bertz CT molecular complexity index is 1010. The predicted molar refractivity (Wildman–Crippen MR) is 137 cm³/mol. The second-order valence-corrected chi connectivity index (χ2v) is 9.49. The Hall–Kier alpha value is -2.34. The number of fused-ring (bicyclic) bond motifs is 1. The summed E-state index contributed by atoms with van der Waals surface area (Å²) in [7, 11) is 0. The van der Waals surface area contributed by atoms with Gasteiger partial charge in [0.05, 0.1) is 18.6 Å². The zero-order valence-corrected chi connectivity index (χ0v) is 21.4. The molecule has 0 radical (unpaired) electrons. The molecule has 0 unspecified atom stereocenters. The van der Waals surface area contributed by atoms with Crippen molar-refractivity contribution in [3.8, 4) is 12.3 Å². The van der Waals surface area contributed by atoms with Crippen molar-refractivity contribution in [3.05, 3.63) is 17.5 Å². The number of aliphatic hydroxyl groups is 1. The first kappa shape index (κ1) is 27.3. The fraction of sp³-hybridized carbons (Fsp3) is 0.654. The summed E-state index contributed by atoms with van der Waals surface area (Å²) in [5, 5.41) is 12.9. The van der Waals surface area contributed by atoms with Gasteiger partial charge in [0.25, 0.3) is 0 Å². The highest BCUT2D eigenvalue weighted by atomic mass is 35.5. The van der Waals surface area contributed by atoms with Gasteiger partial charge in [0, 0.05) is 6.20 Å². The Kier molecular flexibility index (Phi) is 10.6. The molecule has 8 nitrogen and oxygen atoms in total. The van der Waals surface area contributed by atoms with E-state index in [1.165, 1.54) is 44.9 Å². The molecular weight excluding hydrogens is 468 g/mol. The molecule has 2 atom stereocenters. The number of carbonyl (C=O) groups excluding carboxylic acids is 1. The minimum absolute atomic E-state index is 0.00851. The molecule has 1 fully saturated rings. The highest BCUT2D eigenvalue weighted by molar-refractivity contribution is 6.28. The smallest absolute Gasteiger partial charge is 0.412 e. The van der Waals surface area contributed by atoms with Gasteiger partial charge in [-0.15, -0.1) is 6.42 Å². The van der Waals surface area contributed by atoms with Crippen molar-refractivity contribution in [2.45, 2.75) is 95.8 Å². The Morgan fingerprint density at radius 2 is 1.94 bits per heavy atom. The van der Waals surface area contributed by atoms with E-state index in [-0.39, 0.29) is 17.7 Å². The molecule has 0 bridgehead atoms. The quantitative estimate of drug-likeness (QED) is 0.180. The number of aliphatic hydroxyl groups excluding tert-OH is 1. The maximum atomic E-state index is 12.3. The van der Waals surface area contributed by atoms with Crippen LogP contribution in [0, 0.1) is 12.3 Å². The maximum absolute atomic E-state index is 12.3. The summed E-state index contributed by atoms with van der Waals surface area (Å²) < 4.78 is 13.1. The third kappa shape index (κ3) is 7.57. The van der Waals surface area contributed by atoms with E-state index < -0.39 is 17.9 Å². The predicted octanol–water partition coefficient (Wildman–Crippen LogP) is 6.23. The van der Waals surface area contributed by atoms with Gasteiger partial charge in [-0.1, -0.05) is 70.6 Å². The molecule has 0 spiro atoms. The first-order chi connectivity index (χ1) is 17.0. The average Bonchev–Trinajstić information content (AvgIpc) is 3.47. The number of carbonyl (C=O) groups is 1. The van der Waals surface area contributed by atoms with Crippen molar-refractivity contribution >= 4 is 34.5 Å². The number of terminal acetylenes is 1. The monoisotopic (exact) mass is 504 g/mol. The van der Waals surface area contributed by atoms with E-state index in [2.05, 4.69) is 28.1 Å². The zero-order chi connectivity index (χ0) is 25.1. The summed E-state index contributed by atoms with van der Waals surface area (Å²) in [6, 6.07) is 1.78. The molecule has 2 aromatic rings. The average molecular weight is 505 g/mol. The Balaban J connectivity index is 1.46. The van der Waals surface area contributed by atoms with Crippen LogP contribution in [0.25, 0.3) is 11.0 Å². The zero-order valence-electron chi connectivity index (χ0n) is 20.6. The Morgan fingerprint density at radius 3 is 2.57 bits per heavy atom. The third-order valence-electron chi connectivity index (χ3n) is 6.48. The van der Waals surface area contributed by atoms with E-state index in [1.807, 2.05) is 0 Å². The van der Waals surface area contributed by atoms with E-state index in [0.29, 0.717) is 30.5 Å². The molecule has 0 aliphatic carbocycles. The summed E-state index contributed by atoms with van der Waals surface area (Å²) in [5.41, 5.74) is -0.497. The van der Waals surface area contributed by atoms with Crippen LogP contribution in [0.5, 0.6) is 0 Å². The molecule has 9 heteroatoms. The highest BCUT2D eigenvalue weighted by Gasteiger charge is 2.39. The van der Waals surface area contributed by atoms with E-state index in [4.69, 9.17) is 27.5 Å². The lowest BCUT2D eigenvalue weighted by Gasteiger charge is -2.21. The Morgan fingerprint density at radius 1 is 1.26 bits per heavy atom. The van der Waals surface area contributed by atoms with E-state index in [0.717, 1.165) is 19.3 Å². The molecule has 2 N–H and O–H groups in total. The number of rotatable bonds is 14. The molecular formula is C26H37ClN4O4. The fourth-order valence-corrected chi connectivity index (χ4v) is 4.59. The van der Waals surface area contributed by atoms with Gasteiger partial charge in [-0.2, -0.15) is 9.97 Å². The second kappa shape index (κ2) is 13.7. The number of hydrogen-bond acceptors (Lipinski definition) is 6. The van der Waals surface area contributed by atoms with Crippen molar-refractivity contribution in [1.29, 1.82) is 0 Å². The van der Waals surface area contributed by atoms with Crippen molar-refractivity contribution in [2.75, 3.05) is 18.5 Å². The minimum Gasteiger partial charge on any atom is -0.449 e. The number of halogens is 1. The number of aromatic nitrogens is 3. The van der Waals surface area contributed by atoms with Gasteiger partial charge in [0.1, 0.15) is 17.7 Å². The minimum atomic E-state index is -1.00. The van der Waals surface area contributed by atoms with Crippen LogP contribution in [0.4, 0.5) is 10.6 Å². The van der Waals surface area contributed by atoms with Crippen LogP contribution in [0.1, 0.15) is 90.2 Å². The standard InChI is InChI=1S/C26H37ClN4O4/c1-3-5-6-7-8-9-10-11-12-13-18-34-25(33)29-22-20-15-17-31(23(20)30-24(27)28-22)21-14-16-26(4-2,19-32)35-21/h2,15,17,21,32H,3,5-14,16,18-19H2,1H3,(H,28,29,30,33)/t21-,26+/m1/s1. The number of amides is 1. The molecule has 1 saturated heterocycles. The number of anilines is 1. The van der Waals surface area contributed by atoms with Crippen LogP contribution >= 0.6 is 11.6 Å². The Labute approximate surface area is 212 Å². The maximum Gasteiger partial charge on any atom is 0.412 e. The van der Waals surface area contributed by atoms with Crippen LogP contribution in [0.2, 0.25) is 5.28 Å².